The zero-order chi connectivity index (χ0) is 10.4. The Kier molecular flexibility index (Phi) is 4.06. The van der Waals surface area contributed by atoms with Crippen molar-refractivity contribution in [3.05, 3.63) is 12.2 Å². The van der Waals surface area contributed by atoms with E-state index in [1.807, 2.05) is 6.92 Å². The highest BCUT2D eigenvalue weighted by atomic mass is 16.1. The summed E-state index contributed by atoms with van der Waals surface area (Å²) in [6.45, 7) is 2.68. The Labute approximate surface area is 82.3 Å². The number of carbonyl (C=O) groups is 1. The minimum atomic E-state index is -0.113. The molecule has 0 saturated carbocycles. The van der Waals surface area contributed by atoms with E-state index in [2.05, 4.69) is 20.5 Å². The van der Waals surface area contributed by atoms with Crippen LogP contribution in [0.5, 0.6) is 0 Å². The Bertz CT molecular complexity index is 267. The third kappa shape index (κ3) is 2.81. The molecule has 14 heavy (non-hydrogen) atoms. The van der Waals surface area contributed by atoms with Crippen LogP contribution in [0.1, 0.15) is 19.2 Å². The molecule has 1 unspecified atom stereocenters. The summed E-state index contributed by atoms with van der Waals surface area (Å²) < 4.78 is 0. The Morgan fingerprint density at radius 1 is 1.79 bits per heavy atom. The lowest BCUT2D eigenvalue weighted by molar-refractivity contribution is -0.125. The molecule has 0 bridgehead atoms. The van der Waals surface area contributed by atoms with Crippen molar-refractivity contribution < 1.29 is 4.79 Å². The predicted octanol–water partition coefficient (Wildman–Crippen LogP) is -0.594. The van der Waals surface area contributed by atoms with Gasteiger partial charge in [-0.25, -0.2) is 4.98 Å². The van der Waals surface area contributed by atoms with Crippen LogP contribution in [0.3, 0.4) is 0 Å². The molecule has 0 spiro atoms. The number of amides is 1. The summed E-state index contributed by atoms with van der Waals surface area (Å²) in [6, 6.07) is 0. The summed E-state index contributed by atoms with van der Waals surface area (Å²) >= 11 is 0. The van der Waals surface area contributed by atoms with E-state index in [4.69, 9.17) is 5.73 Å². The van der Waals surface area contributed by atoms with E-state index >= 15 is 0 Å². The lowest BCUT2D eigenvalue weighted by Crippen LogP contribution is -2.34. The molecule has 1 aromatic heterocycles. The fourth-order valence-electron chi connectivity index (χ4n) is 1.09. The van der Waals surface area contributed by atoms with Crippen molar-refractivity contribution in [3.8, 4) is 0 Å². The number of rotatable bonds is 5. The molecule has 1 heterocycles. The SMILES string of the molecule is CCC(CN)C(=O)NCc1ncn[nH]1. The number of aromatic nitrogens is 3. The van der Waals surface area contributed by atoms with Crippen LogP contribution in [-0.2, 0) is 11.3 Å². The van der Waals surface area contributed by atoms with Gasteiger partial charge in [0.05, 0.1) is 6.54 Å². The zero-order valence-corrected chi connectivity index (χ0v) is 8.16. The van der Waals surface area contributed by atoms with E-state index in [1.165, 1.54) is 6.33 Å². The molecule has 0 aliphatic carbocycles. The molecule has 78 valence electrons. The lowest BCUT2D eigenvalue weighted by Gasteiger charge is -2.11. The normalized spacial score (nSPS) is 12.4. The topological polar surface area (TPSA) is 96.7 Å². The second kappa shape index (κ2) is 5.33. The van der Waals surface area contributed by atoms with E-state index in [0.717, 1.165) is 6.42 Å². The van der Waals surface area contributed by atoms with Crippen molar-refractivity contribution >= 4 is 5.91 Å². The summed E-state index contributed by atoms with van der Waals surface area (Å²) in [4.78, 5) is 15.3. The van der Waals surface area contributed by atoms with Crippen molar-refractivity contribution in [1.29, 1.82) is 0 Å². The van der Waals surface area contributed by atoms with Crippen LogP contribution < -0.4 is 11.1 Å². The molecule has 1 atom stereocenters. The van der Waals surface area contributed by atoms with Gasteiger partial charge in [-0.1, -0.05) is 6.92 Å². The smallest absolute Gasteiger partial charge is 0.224 e. The Balaban J connectivity index is 2.34. The fourth-order valence-corrected chi connectivity index (χ4v) is 1.09. The maximum Gasteiger partial charge on any atom is 0.224 e. The number of H-pyrrole nitrogens is 1. The van der Waals surface area contributed by atoms with E-state index in [0.29, 0.717) is 18.9 Å². The Hall–Kier alpha value is -1.43. The van der Waals surface area contributed by atoms with Crippen LogP contribution in [0.4, 0.5) is 0 Å². The summed E-state index contributed by atoms with van der Waals surface area (Å²) in [6.07, 6.45) is 2.15. The minimum absolute atomic E-state index is 0.0357. The van der Waals surface area contributed by atoms with E-state index < -0.39 is 0 Å². The summed E-state index contributed by atoms with van der Waals surface area (Å²) in [5.74, 6) is 0.495. The first-order chi connectivity index (χ1) is 6.77. The highest BCUT2D eigenvalue weighted by Gasteiger charge is 2.13. The average Bonchev–Trinajstić information content (AvgIpc) is 2.69. The molecule has 0 fully saturated rings. The number of hydrogen-bond donors (Lipinski definition) is 3. The van der Waals surface area contributed by atoms with E-state index in [9.17, 15) is 4.79 Å². The fraction of sp³-hybridized carbons (Fsp3) is 0.625. The van der Waals surface area contributed by atoms with Crippen molar-refractivity contribution in [1.82, 2.24) is 20.5 Å². The molecule has 6 nitrogen and oxygen atoms in total. The predicted molar refractivity (Wildman–Crippen MR) is 51.1 cm³/mol. The molecule has 0 aliphatic rings. The summed E-state index contributed by atoms with van der Waals surface area (Å²) in [5.41, 5.74) is 5.44. The summed E-state index contributed by atoms with van der Waals surface area (Å²) in [5, 5.41) is 9.07. The van der Waals surface area contributed by atoms with Crippen LogP contribution >= 0.6 is 0 Å². The van der Waals surface area contributed by atoms with Gasteiger partial charge in [0, 0.05) is 12.5 Å². The van der Waals surface area contributed by atoms with Gasteiger partial charge in [0.1, 0.15) is 12.2 Å². The number of nitrogens with zero attached hydrogens (tertiary/aromatic N) is 2. The molecule has 4 N–H and O–H groups in total. The third-order valence-electron chi connectivity index (χ3n) is 2.04. The monoisotopic (exact) mass is 197 g/mol. The largest absolute Gasteiger partial charge is 0.349 e. The highest BCUT2D eigenvalue weighted by Crippen LogP contribution is 1.99. The van der Waals surface area contributed by atoms with Crippen molar-refractivity contribution in [3.63, 3.8) is 0 Å². The molecular formula is C8H15N5O. The Morgan fingerprint density at radius 2 is 2.57 bits per heavy atom. The number of nitrogens with two attached hydrogens (primary N) is 1. The van der Waals surface area contributed by atoms with Crippen LogP contribution in [0.2, 0.25) is 0 Å². The minimum Gasteiger partial charge on any atom is -0.349 e. The second-order valence-corrected chi connectivity index (χ2v) is 2.99. The molecule has 0 aromatic carbocycles. The molecule has 1 rings (SSSR count). The molecule has 1 amide bonds. The Morgan fingerprint density at radius 3 is 3.07 bits per heavy atom. The third-order valence-corrected chi connectivity index (χ3v) is 2.04. The van der Waals surface area contributed by atoms with Crippen molar-refractivity contribution in [2.24, 2.45) is 11.7 Å². The first kappa shape index (κ1) is 10.6. The van der Waals surface area contributed by atoms with Gasteiger partial charge in [0.2, 0.25) is 5.91 Å². The lowest BCUT2D eigenvalue weighted by atomic mass is 10.1. The molecule has 0 saturated heterocycles. The van der Waals surface area contributed by atoms with Crippen LogP contribution in [-0.4, -0.2) is 27.6 Å². The molecular weight excluding hydrogens is 182 g/mol. The maximum atomic E-state index is 11.4. The summed E-state index contributed by atoms with van der Waals surface area (Å²) in [7, 11) is 0. The van der Waals surface area contributed by atoms with Gasteiger partial charge in [-0.15, -0.1) is 0 Å². The van der Waals surface area contributed by atoms with Gasteiger partial charge in [-0.05, 0) is 6.42 Å². The average molecular weight is 197 g/mol. The number of hydrogen-bond acceptors (Lipinski definition) is 4. The van der Waals surface area contributed by atoms with Gasteiger partial charge < -0.3 is 11.1 Å². The molecule has 6 heteroatoms. The number of carbonyl (C=O) groups excluding carboxylic acids is 1. The first-order valence-electron chi connectivity index (χ1n) is 4.60. The van der Waals surface area contributed by atoms with Gasteiger partial charge in [-0.3, -0.25) is 9.89 Å². The van der Waals surface area contributed by atoms with Gasteiger partial charge in [0.15, 0.2) is 0 Å². The maximum absolute atomic E-state index is 11.4. The second-order valence-electron chi connectivity index (χ2n) is 2.99. The van der Waals surface area contributed by atoms with E-state index in [1.54, 1.807) is 0 Å². The van der Waals surface area contributed by atoms with Crippen LogP contribution in [0, 0.1) is 5.92 Å². The molecule has 0 aliphatic heterocycles. The van der Waals surface area contributed by atoms with Crippen molar-refractivity contribution in [2.75, 3.05) is 6.54 Å². The van der Waals surface area contributed by atoms with Crippen molar-refractivity contribution in [2.45, 2.75) is 19.9 Å². The highest BCUT2D eigenvalue weighted by molar-refractivity contribution is 5.78. The van der Waals surface area contributed by atoms with Gasteiger partial charge >= 0.3 is 0 Å². The number of nitrogens with one attached hydrogen (secondary N) is 2. The van der Waals surface area contributed by atoms with Crippen LogP contribution in [0.25, 0.3) is 0 Å². The first-order valence-corrected chi connectivity index (χ1v) is 4.60. The number of aromatic amines is 1. The van der Waals surface area contributed by atoms with Crippen LogP contribution in [0.15, 0.2) is 6.33 Å². The molecule has 1 aromatic rings. The van der Waals surface area contributed by atoms with Gasteiger partial charge in [-0.2, -0.15) is 5.10 Å². The van der Waals surface area contributed by atoms with E-state index in [-0.39, 0.29) is 11.8 Å². The quantitative estimate of drug-likeness (QED) is 0.587. The molecule has 0 radical (unpaired) electrons. The zero-order valence-electron chi connectivity index (χ0n) is 8.16. The van der Waals surface area contributed by atoms with Gasteiger partial charge in [0.25, 0.3) is 0 Å². The standard InChI is InChI=1S/C8H15N5O/c1-2-6(3-9)8(14)10-4-7-11-5-12-13-7/h5-6H,2-4,9H2,1H3,(H,10,14)(H,11,12,13).